The molecule has 0 fully saturated rings. The molecule has 0 saturated heterocycles. The van der Waals surface area contributed by atoms with E-state index in [4.69, 9.17) is 17.3 Å². The molecule has 0 aromatic heterocycles. The fourth-order valence-corrected chi connectivity index (χ4v) is 2.07. The lowest BCUT2D eigenvalue weighted by molar-refractivity contribution is -0.137. The molecule has 0 unspecified atom stereocenters. The van der Waals surface area contributed by atoms with Gasteiger partial charge >= 0.3 is 6.18 Å². The van der Waals surface area contributed by atoms with Crippen LogP contribution in [0.1, 0.15) is 36.9 Å². The van der Waals surface area contributed by atoms with Gasteiger partial charge in [-0.3, -0.25) is 0 Å². The molecule has 0 spiro atoms. The van der Waals surface area contributed by atoms with Crippen LogP contribution in [0.3, 0.4) is 0 Å². The fourth-order valence-electron chi connectivity index (χ4n) is 1.71. The molecule has 102 valence electrons. The SMILES string of the molecule is CCC[C@@H](O)[C@@H](N)c1cccc(C(F)(F)F)c1Cl. The van der Waals surface area contributed by atoms with Crippen molar-refractivity contribution in [3.8, 4) is 0 Å². The Morgan fingerprint density at radius 3 is 2.50 bits per heavy atom. The zero-order valence-electron chi connectivity index (χ0n) is 9.84. The van der Waals surface area contributed by atoms with Gasteiger partial charge in [0.2, 0.25) is 0 Å². The monoisotopic (exact) mass is 281 g/mol. The third-order valence-corrected chi connectivity index (χ3v) is 3.11. The van der Waals surface area contributed by atoms with Crippen molar-refractivity contribution >= 4 is 11.6 Å². The molecule has 0 aliphatic heterocycles. The summed E-state index contributed by atoms with van der Waals surface area (Å²) in [5.41, 5.74) is 4.92. The molecular formula is C12H15ClF3NO. The van der Waals surface area contributed by atoms with Crippen LogP contribution in [0.15, 0.2) is 18.2 Å². The number of aliphatic hydroxyl groups is 1. The van der Waals surface area contributed by atoms with Gasteiger partial charge in [0.15, 0.2) is 0 Å². The highest BCUT2D eigenvalue weighted by atomic mass is 35.5. The molecule has 6 heteroatoms. The molecule has 1 aromatic carbocycles. The maximum Gasteiger partial charge on any atom is 0.417 e. The quantitative estimate of drug-likeness (QED) is 0.887. The second kappa shape index (κ2) is 5.91. The number of aliphatic hydroxyl groups excluding tert-OH is 1. The normalized spacial score (nSPS) is 15.5. The molecule has 18 heavy (non-hydrogen) atoms. The Morgan fingerprint density at radius 1 is 1.39 bits per heavy atom. The Balaban J connectivity index is 3.11. The van der Waals surface area contributed by atoms with E-state index in [1.54, 1.807) is 0 Å². The molecule has 1 aromatic rings. The first-order chi connectivity index (χ1) is 8.29. The van der Waals surface area contributed by atoms with Gasteiger partial charge < -0.3 is 10.8 Å². The first-order valence-corrected chi connectivity index (χ1v) is 5.96. The van der Waals surface area contributed by atoms with Crippen LogP contribution < -0.4 is 5.73 Å². The molecular weight excluding hydrogens is 267 g/mol. The van der Waals surface area contributed by atoms with Crippen molar-refractivity contribution < 1.29 is 18.3 Å². The highest BCUT2D eigenvalue weighted by Gasteiger charge is 2.35. The minimum absolute atomic E-state index is 0.118. The lowest BCUT2D eigenvalue weighted by atomic mass is 9.97. The molecule has 0 heterocycles. The predicted molar refractivity (Wildman–Crippen MR) is 64.3 cm³/mol. The van der Waals surface area contributed by atoms with E-state index < -0.39 is 28.9 Å². The van der Waals surface area contributed by atoms with Crippen LogP contribution in [0, 0.1) is 0 Å². The average molecular weight is 282 g/mol. The average Bonchev–Trinajstić information content (AvgIpc) is 2.27. The van der Waals surface area contributed by atoms with Crippen molar-refractivity contribution in [3.05, 3.63) is 34.3 Å². The Labute approximate surface area is 109 Å². The number of hydrogen-bond donors (Lipinski definition) is 2. The summed E-state index contributed by atoms with van der Waals surface area (Å²) >= 11 is 5.72. The van der Waals surface area contributed by atoms with E-state index in [2.05, 4.69) is 0 Å². The zero-order valence-corrected chi connectivity index (χ0v) is 10.6. The van der Waals surface area contributed by atoms with Crippen LogP contribution in [0.2, 0.25) is 5.02 Å². The van der Waals surface area contributed by atoms with Gasteiger partial charge in [0.25, 0.3) is 0 Å². The molecule has 0 bridgehead atoms. The number of hydrogen-bond acceptors (Lipinski definition) is 2. The minimum atomic E-state index is -4.53. The Bertz CT molecular complexity index is 409. The largest absolute Gasteiger partial charge is 0.417 e. The second-order valence-corrected chi connectivity index (χ2v) is 4.47. The number of benzene rings is 1. The number of halogens is 4. The van der Waals surface area contributed by atoms with Gasteiger partial charge in [-0.05, 0) is 18.1 Å². The summed E-state index contributed by atoms with van der Waals surface area (Å²) in [6, 6.07) is 2.62. The summed E-state index contributed by atoms with van der Waals surface area (Å²) in [7, 11) is 0. The Kier molecular flexibility index (Phi) is 5.01. The number of nitrogens with two attached hydrogens (primary N) is 1. The van der Waals surface area contributed by atoms with Crippen LogP contribution in [-0.2, 0) is 6.18 Å². The Morgan fingerprint density at radius 2 is 2.00 bits per heavy atom. The van der Waals surface area contributed by atoms with E-state index >= 15 is 0 Å². The van der Waals surface area contributed by atoms with Crippen molar-refractivity contribution in [3.63, 3.8) is 0 Å². The van der Waals surface area contributed by atoms with Crippen LogP contribution in [0.5, 0.6) is 0 Å². The van der Waals surface area contributed by atoms with E-state index in [1.165, 1.54) is 12.1 Å². The predicted octanol–water partition coefficient (Wildman–Crippen LogP) is 3.52. The lowest BCUT2D eigenvalue weighted by Gasteiger charge is -2.21. The molecule has 0 aliphatic carbocycles. The summed E-state index contributed by atoms with van der Waals surface area (Å²) in [5.74, 6) is 0. The molecule has 2 atom stereocenters. The first-order valence-electron chi connectivity index (χ1n) is 5.58. The summed E-state index contributed by atoms with van der Waals surface area (Å²) in [5, 5.41) is 9.29. The topological polar surface area (TPSA) is 46.2 Å². The molecule has 0 radical (unpaired) electrons. The number of alkyl halides is 3. The van der Waals surface area contributed by atoms with E-state index in [-0.39, 0.29) is 5.56 Å². The molecule has 1 rings (SSSR count). The maximum atomic E-state index is 12.7. The molecule has 0 amide bonds. The summed E-state index contributed by atoms with van der Waals surface area (Å²) in [6.45, 7) is 1.85. The third kappa shape index (κ3) is 3.37. The molecule has 0 aliphatic rings. The van der Waals surface area contributed by atoms with E-state index in [0.717, 1.165) is 6.07 Å². The highest BCUT2D eigenvalue weighted by Crippen LogP contribution is 2.38. The van der Waals surface area contributed by atoms with Crippen molar-refractivity contribution in [1.29, 1.82) is 0 Å². The van der Waals surface area contributed by atoms with Gasteiger partial charge in [-0.25, -0.2) is 0 Å². The lowest BCUT2D eigenvalue weighted by Crippen LogP contribution is -2.26. The summed E-state index contributed by atoms with van der Waals surface area (Å²) in [4.78, 5) is 0. The van der Waals surface area contributed by atoms with Gasteiger partial charge in [-0.15, -0.1) is 0 Å². The van der Waals surface area contributed by atoms with Gasteiger partial charge in [0.1, 0.15) is 0 Å². The van der Waals surface area contributed by atoms with E-state index in [1.807, 2.05) is 6.92 Å². The van der Waals surface area contributed by atoms with Crippen LogP contribution in [0.4, 0.5) is 13.2 Å². The first kappa shape index (κ1) is 15.3. The minimum Gasteiger partial charge on any atom is -0.391 e. The standard InChI is InChI=1S/C12H15ClF3NO/c1-2-4-9(18)11(17)7-5-3-6-8(10(7)13)12(14,15)16/h3,5-6,9,11,18H,2,4,17H2,1H3/t9-,11+/m1/s1. The van der Waals surface area contributed by atoms with Gasteiger partial charge in [-0.1, -0.05) is 37.1 Å². The van der Waals surface area contributed by atoms with Crippen molar-refractivity contribution in [2.45, 2.75) is 38.1 Å². The van der Waals surface area contributed by atoms with Crippen molar-refractivity contribution in [2.24, 2.45) is 5.73 Å². The highest BCUT2D eigenvalue weighted by molar-refractivity contribution is 6.32. The number of rotatable bonds is 4. The van der Waals surface area contributed by atoms with Gasteiger partial charge in [-0.2, -0.15) is 13.2 Å². The van der Waals surface area contributed by atoms with Crippen molar-refractivity contribution in [2.75, 3.05) is 0 Å². The van der Waals surface area contributed by atoms with Gasteiger partial charge in [0.05, 0.1) is 22.7 Å². The zero-order chi connectivity index (χ0) is 13.9. The second-order valence-electron chi connectivity index (χ2n) is 4.09. The Hall–Kier alpha value is -0.780. The van der Waals surface area contributed by atoms with Gasteiger partial charge in [0, 0.05) is 0 Å². The molecule has 0 saturated carbocycles. The van der Waals surface area contributed by atoms with Crippen molar-refractivity contribution in [1.82, 2.24) is 0 Å². The maximum absolute atomic E-state index is 12.7. The van der Waals surface area contributed by atoms with E-state index in [9.17, 15) is 18.3 Å². The van der Waals surface area contributed by atoms with Crippen LogP contribution in [-0.4, -0.2) is 11.2 Å². The summed E-state index contributed by atoms with van der Waals surface area (Å²) in [6.07, 6.45) is -4.34. The van der Waals surface area contributed by atoms with E-state index in [0.29, 0.717) is 12.8 Å². The fraction of sp³-hybridized carbons (Fsp3) is 0.500. The summed E-state index contributed by atoms with van der Waals surface area (Å²) < 4.78 is 38.0. The van der Waals surface area contributed by atoms with Crippen LogP contribution in [0.25, 0.3) is 0 Å². The molecule has 3 N–H and O–H groups in total. The van der Waals surface area contributed by atoms with Crippen LogP contribution >= 0.6 is 11.6 Å². The molecule has 2 nitrogen and oxygen atoms in total. The third-order valence-electron chi connectivity index (χ3n) is 2.69. The smallest absolute Gasteiger partial charge is 0.391 e.